The molecule has 0 saturated heterocycles. The Hall–Kier alpha value is -1.39. The minimum Gasteiger partial charge on any atom is -0.496 e. The number of nitrogens with zero attached hydrogens (tertiary/aromatic N) is 1. The highest BCUT2D eigenvalue weighted by Crippen LogP contribution is 2.19. The fourth-order valence-electron chi connectivity index (χ4n) is 1.63. The van der Waals surface area contributed by atoms with Crippen LogP contribution in [0.15, 0.2) is 24.3 Å². The van der Waals surface area contributed by atoms with E-state index >= 15 is 0 Å². The lowest BCUT2D eigenvalue weighted by Crippen LogP contribution is -2.44. The summed E-state index contributed by atoms with van der Waals surface area (Å²) >= 11 is 0. The highest BCUT2D eigenvalue weighted by atomic mass is 16.5. The van der Waals surface area contributed by atoms with Crippen LogP contribution < -0.4 is 4.74 Å². The van der Waals surface area contributed by atoms with Crippen LogP contribution in [-0.4, -0.2) is 56.3 Å². The van der Waals surface area contributed by atoms with Crippen molar-refractivity contribution >= 4 is 5.78 Å². The minimum atomic E-state index is -1.01. The molecule has 0 aliphatic heterocycles. The Bertz CT molecular complexity index is 396. The second-order valence-corrected chi connectivity index (χ2v) is 5.05. The topological polar surface area (TPSA) is 46.5 Å². The Balaban J connectivity index is 2.89. The van der Waals surface area contributed by atoms with Crippen molar-refractivity contribution in [2.24, 2.45) is 0 Å². The van der Waals surface area contributed by atoms with E-state index in [1.54, 1.807) is 24.3 Å². The van der Waals surface area contributed by atoms with Crippen LogP contribution in [0.2, 0.25) is 0 Å². The first kappa shape index (κ1) is 13.7. The number of hydrogen-bond acceptors (Lipinski definition) is 3. The van der Waals surface area contributed by atoms with E-state index in [0.29, 0.717) is 22.3 Å². The van der Waals surface area contributed by atoms with Gasteiger partial charge in [0.1, 0.15) is 12.3 Å². The molecule has 0 amide bonds. The number of aliphatic hydroxyl groups excluding tert-OH is 1. The van der Waals surface area contributed by atoms with Crippen LogP contribution in [0.3, 0.4) is 0 Å². The lowest BCUT2D eigenvalue weighted by Gasteiger charge is -2.26. The number of Topliss-reactive ketones (excluding diaryl/α,β-unsaturated/α-hetero) is 1. The number of ketones is 1. The van der Waals surface area contributed by atoms with E-state index < -0.39 is 6.10 Å². The molecule has 0 aliphatic rings. The molecule has 0 heterocycles. The quantitative estimate of drug-likeness (QED) is 0.613. The molecule has 0 saturated carbocycles. The van der Waals surface area contributed by atoms with Gasteiger partial charge in [0.25, 0.3) is 0 Å². The summed E-state index contributed by atoms with van der Waals surface area (Å²) in [5.41, 5.74) is 0.427. The maximum Gasteiger partial charge on any atom is 0.200 e. The van der Waals surface area contributed by atoms with Crippen LogP contribution in [0, 0.1) is 0 Å². The molecule has 1 aromatic carbocycles. The molecule has 0 aromatic heterocycles. The summed E-state index contributed by atoms with van der Waals surface area (Å²) < 4.78 is 5.64. The zero-order valence-electron chi connectivity index (χ0n) is 10.8. The number of likely N-dealkylation sites (N-methyl/N-ethyl adjacent to an activating group) is 1. The van der Waals surface area contributed by atoms with Crippen LogP contribution in [0.4, 0.5) is 0 Å². The van der Waals surface area contributed by atoms with E-state index in [-0.39, 0.29) is 5.78 Å². The lowest BCUT2D eigenvalue weighted by atomic mass is 10.0. The second-order valence-electron chi connectivity index (χ2n) is 5.05. The van der Waals surface area contributed by atoms with E-state index in [1.165, 1.54) is 7.11 Å². The Morgan fingerprint density at radius 3 is 2.47 bits per heavy atom. The summed E-state index contributed by atoms with van der Waals surface area (Å²) in [6, 6.07) is 6.93. The third-order valence-corrected chi connectivity index (χ3v) is 2.40. The van der Waals surface area contributed by atoms with Crippen molar-refractivity contribution in [1.29, 1.82) is 0 Å². The number of hydrogen-bond donors (Lipinski definition) is 1. The number of carbonyl (C=O) groups excluding carboxylic acids is 1. The van der Waals surface area contributed by atoms with Crippen molar-refractivity contribution in [1.82, 2.24) is 0 Å². The lowest BCUT2D eigenvalue weighted by molar-refractivity contribution is -0.872. The first-order chi connectivity index (χ1) is 7.85. The summed E-state index contributed by atoms with van der Waals surface area (Å²) in [6.07, 6.45) is -1.01. The van der Waals surface area contributed by atoms with Gasteiger partial charge in [-0.3, -0.25) is 4.79 Å². The van der Waals surface area contributed by atoms with E-state index in [2.05, 4.69) is 0 Å². The van der Waals surface area contributed by atoms with Crippen molar-refractivity contribution in [3.8, 4) is 5.75 Å². The Kier molecular flexibility index (Phi) is 4.26. The molecule has 0 fully saturated rings. The smallest absolute Gasteiger partial charge is 0.200 e. The van der Waals surface area contributed by atoms with Gasteiger partial charge in [0.15, 0.2) is 6.10 Å². The molecule has 17 heavy (non-hydrogen) atoms. The average molecular weight is 238 g/mol. The molecule has 1 unspecified atom stereocenters. The Labute approximate surface area is 102 Å². The Morgan fingerprint density at radius 1 is 1.35 bits per heavy atom. The number of benzene rings is 1. The van der Waals surface area contributed by atoms with Crippen molar-refractivity contribution in [2.75, 3.05) is 34.8 Å². The van der Waals surface area contributed by atoms with Crippen LogP contribution in [-0.2, 0) is 0 Å². The normalized spacial score (nSPS) is 13.2. The molecule has 0 aliphatic carbocycles. The molecule has 0 radical (unpaired) electrons. The fourth-order valence-corrected chi connectivity index (χ4v) is 1.63. The third-order valence-electron chi connectivity index (χ3n) is 2.40. The SMILES string of the molecule is COc1ccccc1C(=O)C(O)C[N+](C)(C)C. The van der Waals surface area contributed by atoms with Gasteiger partial charge in [0.2, 0.25) is 5.78 Å². The predicted molar refractivity (Wildman–Crippen MR) is 66.2 cm³/mol. The monoisotopic (exact) mass is 238 g/mol. The number of methoxy groups -OCH3 is 1. The summed E-state index contributed by atoms with van der Waals surface area (Å²) in [5.74, 6) is 0.202. The molecule has 1 rings (SSSR count). The largest absolute Gasteiger partial charge is 0.496 e. The van der Waals surface area contributed by atoms with Crippen molar-refractivity contribution < 1.29 is 19.1 Å². The van der Waals surface area contributed by atoms with Gasteiger partial charge in [-0.2, -0.15) is 0 Å². The Morgan fingerprint density at radius 2 is 1.94 bits per heavy atom. The van der Waals surface area contributed by atoms with E-state index in [4.69, 9.17) is 4.74 Å². The zero-order valence-corrected chi connectivity index (χ0v) is 10.8. The summed E-state index contributed by atoms with van der Waals surface area (Å²) in [6.45, 7) is 0.372. The summed E-state index contributed by atoms with van der Waals surface area (Å²) in [7, 11) is 7.30. The maximum atomic E-state index is 12.1. The number of ether oxygens (including phenoxy) is 1. The molecular weight excluding hydrogens is 218 g/mol. The molecule has 1 atom stereocenters. The standard InChI is InChI=1S/C13H20NO3/c1-14(2,3)9-11(15)13(16)10-7-5-6-8-12(10)17-4/h5-8,11,15H,9H2,1-4H3/q+1. The molecule has 1 N–H and O–H groups in total. The van der Waals surface area contributed by atoms with Crippen molar-refractivity contribution in [3.63, 3.8) is 0 Å². The first-order valence-electron chi connectivity index (χ1n) is 5.51. The zero-order chi connectivity index (χ0) is 13.1. The predicted octanol–water partition coefficient (Wildman–Crippen LogP) is 0.945. The first-order valence-corrected chi connectivity index (χ1v) is 5.51. The number of quaternary nitrogens is 1. The number of carbonyl (C=O) groups is 1. The molecule has 94 valence electrons. The van der Waals surface area contributed by atoms with Gasteiger partial charge in [0, 0.05) is 0 Å². The van der Waals surface area contributed by atoms with Gasteiger partial charge in [-0.25, -0.2) is 0 Å². The highest BCUT2D eigenvalue weighted by Gasteiger charge is 2.25. The maximum absolute atomic E-state index is 12.1. The van der Waals surface area contributed by atoms with Gasteiger partial charge in [-0.15, -0.1) is 0 Å². The highest BCUT2D eigenvalue weighted by molar-refractivity contribution is 6.01. The van der Waals surface area contributed by atoms with Gasteiger partial charge < -0.3 is 14.3 Å². The van der Waals surface area contributed by atoms with Gasteiger partial charge in [-0.1, -0.05) is 12.1 Å². The van der Waals surface area contributed by atoms with E-state index in [0.717, 1.165) is 0 Å². The number of para-hydroxylation sites is 1. The van der Waals surface area contributed by atoms with Gasteiger partial charge in [0.05, 0.1) is 33.8 Å². The molecular formula is C13H20NO3+. The van der Waals surface area contributed by atoms with Gasteiger partial charge in [-0.05, 0) is 12.1 Å². The number of rotatable bonds is 5. The van der Waals surface area contributed by atoms with Gasteiger partial charge >= 0.3 is 0 Å². The van der Waals surface area contributed by atoms with Crippen molar-refractivity contribution in [3.05, 3.63) is 29.8 Å². The van der Waals surface area contributed by atoms with Crippen LogP contribution >= 0.6 is 0 Å². The summed E-state index contributed by atoms with van der Waals surface area (Å²) in [5, 5.41) is 9.91. The second kappa shape index (κ2) is 5.29. The van der Waals surface area contributed by atoms with E-state index in [1.807, 2.05) is 21.1 Å². The third kappa shape index (κ3) is 3.84. The average Bonchev–Trinajstić information content (AvgIpc) is 2.25. The molecule has 0 spiro atoms. The number of aliphatic hydroxyl groups is 1. The van der Waals surface area contributed by atoms with Crippen LogP contribution in [0.5, 0.6) is 5.75 Å². The fraction of sp³-hybridized carbons (Fsp3) is 0.462. The van der Waals surface area contributed by atoms with Crippen molar-refractivity contribution in [2.45, 2.75) is 6.10 Å². The summed E-state index contributed by atoms with van der Waals surface area (Å²) in [4.78, 5) is 12.1. The minimum absolute atomic E-state index is 0.296. The molecule has 1 aromatic rings. The molecule has 4 nitrogen and oxygen atoms in total. The van der Waals surface area contributed by atoms with Crippen LogP contribution in [0.25, 0.3) is 0 Å². The van der Waals surface area contributed by atoms with Crippen LogP contribution in [0.1, 0.15) is 10.4 Å². The van der Waals surface area contributed by atoms with E-state index in [9.17, 15) is 9.90 Å². The molecule has 0 bridgehead atoms. The molecule has 4 heteroatoms.